The number of allylic oxidation sites excluding steroid dienone is 1. The second-order valence-corrected chi connectivity index (χ2v) is 9.01. The highest BCUT2D eigenvalue weighted by Gasteiger charge is 2.24. The zero-order chi connectivity index (χ0) is 26.1. The molecule has 1 amide bonds. The maximum Gasteiger partial charge on any atom is 0.233 e. The Labute approximate surface area is 218 Å². The highest BCUT2D eigenvalue weighted by Crippen LogP contribution is 2.27. The minimum absolute atomic E-state index is 0.0789. The van der Waals surface area contributed by atoms with E-state index in [1.807, 2.05) is 36.4 Å². The van der Waals surface area contributed by atoms with Gasteiger partial charge in [0.25, 0.3) is 0 Å². The number of carbonyl (C=O) groups excluding carboxylic acids is 1. The molecule has 0 bridgehead atoms. The van der Waals surface area contributed by atoms with E-state index in [2.05, 4.69) is 43.2 Å². The van der Waals surface area contributed by atoms with E-state index in [0.717, 1.165) is 16.8 Å². The van der Waals surface area contributed by atoms with Crippen LogP contribution in [0.1, 0.15) is 17.5 Å². The Hall–Kier alpha value is -5.24. The van der Waals surface area contributed by atoms with Crippen LogP contribution in [0.15, 0.2) is 72.7 Å². The molecule has 2 fully saturated rings. The van der Waals surface area contributed by atoms with Gasteiger partial charge in [0.15, 0.2) is 5.65 Å². The number of pyridine rings is 1. The van der Waals surface area contributed by atoms with Crippen molar-refractivity contribution in [2.24, 2.45) is 0 Å². The van der Waals surface area contributed by atoms with Crippen molar-refractivity contribution in [3.63, 3.8) is 0 Å². The predicted molar refractivity (Wildman–Crippen MR) is 144 cm³/mol. The van der Waals surface area contributed by atoms with Gasteiger partial charge in [-0.05, 0) is 35.9 Å². The number of amides is 1. The number of anilines is 4. The third-order valence-corrected chi connectivity index (χ3v) is 6.54. The van der Waals surface area contributed by atoms with Gasteiger partial charge in [0.1, 0.15) is 11.9 Å². The zero-order valence-electron chi connectivity index (χ0n) is 20.5. The summed E-state index contributed by atoms with van der Waals surface area (Å²) >= 11 is 0. The first-order valence-corrected chi connectivity index (χ1v) is 12.2. The van der Waals surface area contributed by atoms with Crippen molar-refractivity contribution < 1.29 is 4.79 Å². The first kappa shape index (κ1) is 23.2. The molecule has 0 saturated carbocycles. The fraction of sp³-hybridized carbons (Fsp3) is 0.185. The number of para-hydroxylation sites is 1. The van der Waals surface area contributed by atoms with Crippen LogP contribution in [0.2, 0.25) is 0 Å². The van der Waals surface area contributed by atoms with Crippen LogP contribution in [0.5, 0.6) is 0 Å². The number of rotatable bonds is 5. The number of piperazine rings is 1. The minimum Gasteiger partial charge on any atom is -0.352 e. The lowest BCUT2D eigenvalue weighted by Gasteiger charge is -2.35. The first-order chi connectivity index (χ1) is 18.6. The van der Waals surface area contributed by atoms with Crippen LogP contribution in [-0.4, -0.2) is 56.7 Å². The normalized spacial score (nSPS) is 16.7. The average molecular weight is 505 g/mol. The number of fused-ring (bicyclic) bond motifs is 1. The van der Waals surface area contributed by atoms with Crippen LogP contribution in [-0.2, 0) is 4.79 Å². The van der Waals surface area contributed by atoms with Gasteiger partial charge in [0.05, 0.1) is 18.2 Å². The monoisotopic (exact) mass is 504 g/mol. The molecule has 2 aliphatic heterocycles. The molecule has 11 heteroatoms. The second-order valence-electron chi connectivity index (χ2n) is 9.01. The largest absolute Gasteiger partial charge is 0.352 e. The van der Waals surface area contributed by atoms with E-state index in [9.17, 15) is 10.1 Å². The van der Waals surface area contributed by atoms with E-state index in [-0.39, 0.29) is 12.3 Å². The van der Waals surface area contributed by atoms with Crippen molar-refractivity contribution in [3.05, 3.63) is 83.8 Å². The summed E-state index contributed by atoms with van der Waals surface area (Å²) in [4.78, 5) is 30.2. The topological polar surface area (TPSA) is 127 Å². The summed E-state index contributed by atoms with van der Waals surface area (Å²) in [6.45, 7) is 6.60. The highest BCUT2D eigenvalue weighted by atomic mass is 16.1. The van der Waals surface area contributed by atoms with Gasteiger partial charge in [-0.2, -0.15) is 24.8 Å². The lowest BCUT2D eigenvalue weighted by atomic mass is 10.1. The summed E-state index contributed by atoms with van der Waals surface area (Å²) in [5.74, 6) is 1.71. The third-order valence-electron chi connectivity index (χ3n) is 6.54. The molecule has 2 saturated heterocycles. The summed E-state index contributed by atoms with van der Waals surface area (Å²) in [6.07, 6.45) is 5.59. The fourth-order valence-electron chi connectivity index (χ4n) is 4.61. The molecule has 2 aliphatic rings. The lowest BCUT2D eigenvalue weighted by molar-refractivity contribution is -0.118. The Bertz CT molecular complexity index is 1610. The zero-order valence-corrected chi connectivity index (χ0v) is 20.5. The smallest absolute Gasteiger partial charge is 0.233 e. The molecule has 0 unspecified atom stereocenters. The van der Waals surface area contributed by atoms with E-state index in [4.69, 9.17) is 9.97 Å². The minimum atomic E-state index is -0.0789. The molecule has 0 radical (unpaired) electrons. The van der Waals surface area contributed by atoms with Crippen molar-refractivity contribution in [1.29, 1.82) is 5.26 Å². The number of carbonyl (C=O) groups is 1. The number of aromatic nitrogens is 5. The number of hydrogen-bond donors (Lipinski definition) is 2. The summed E-state index contributed by atoms with van der Waals surface area (Å²) in [5, 5.41) is 20.1. The molecule has 4 aromatic rings. The summed E-state index contributed by atoms with van der Waals surface area (Å²) in [5.41, 5.74) is 4.21. The van der Waals surface area contributed by atoms with Crippen LogP contribution >= 0.6 is 0 Å². The molecule has 0 spiro atoms. The molecule has 3 aromatic heterocycles. The van der Waals surface area contributed by atoms with Crippen molar-refractivity contribution in [1.82, 2.24) is 29.9 Å². The van der Waals surface area contributed by atoms with E-state index < -0.39 is 0 Å². The lowest BCUT2D eigenvalue weighted by Crippen LogP contribution is -2.47. The van der Waals surface area contributed by atoms with Crippen molar-refractivity contribution in [2.75, 3.05) is 41.3 Å². The van der Waals surface area contributed by atoms with E-state index in [1.165, 1.54) is 0 Å². The van der Waals surface area contributed by atoms with Gasteiger partial charge in [0.2, 0.25) is 17.8 Å². The summed E-state index contributed by atoms with van der Waals surface area (Å²) in [6, 6.07) is 15.5. The van der Waals surface area contributed by atoms with E-state index in [0.29, 0.717) is 60.8 Å². The van der Waals surface area contributed by atoms with E-state index >= 15 is 0 Å². The Balaban J connectivity index is 1.35. The summed E-state index contributed by atoms with van der Waals surface area (Å²) in [7, 11) is 0. The maximum atomic E-state index is 11.8. The Kier molecular flexibility index (Phi) is 5.89. The molecule has 2 N–H and O–H groups in total. The molecule has 11 nitrogen and oxygen atoms in total. The second kappa shape index (κ2) is 9.67. The molecule has 188 valence electrons. The molecule has 0 aliphatic carbocycles. The highest BCUT2D eigenvalue weighted by molar-refractivity contribution is 5.89. The number of nitrogens with zero attached hydrogens (tertiary/aromatic N) is 8. The molecule has 6 rings (SSSR count). The molecule has 1 aromatic carbocycles. The van der Waals surface area contributed by atoms with Crippen molar-refractivity contribution in [2.45, 2.75) is 6.42 Å². The average Bonchev–Trinajstić information content (AvgIpc) is 3.51. The standard InChI is InChI=1S/C27H24N10O/c1-18-20(15-23(38)31-18)14-21-17-30-37-25(21)33-26(34-27(37)32-22-7-3-2-4-8-22)36-12-10-35(11-13-36)24-19(16-28)6-5-9-29-24/h2-9,14,17H,1,10-13,15H2,(H,31,38)(H,32,33,34)/b20-14+. The third kappa shape index (κ3) is 4.39. The van der Waals surface area contributed by atoms with Gasteiger partial charge in [-0.25, -0.2) is 4.98 Å². The van der Waals surface area contributed by atoms with Gasteiger partial charge in [-0.3, -0.25) is 4.79 Å². The van der Waals surface area contributed by atoms with Crippen LogP contribution < -0.4 is 20.4 Å². The molecule has 5 heterocycles. The van der Waals surface area contributed by atoms with Gasteiger partial charge in [-0.1, -0.05) is 24.8 Å². The SMILES string of the molecule is C=C1NC(=O)C/C1=C\c1cnn2c(Nc3ccccc3)nc(N3CCN(c4ncccc4C#N)CC3)nc12. The predicted octanol–water partition coefficient (Wildman–Crippen LogP) is 2.88. The van der Waals surface area contributed by atoms with Crippen molar-refractivity contribution >= 4 is 41.0 Å². The Morgan fingerprint density at radius 2 is 1.84 bits per heavy atom. The summed E-state index contributed by atoms with van der Waals surface area (Å²) < 4.78 is 1.67. The number of benzene rings is 1. The number of hydrogen-bond acceptors (Lipinski definition) is 9. The van der Waals surface area contributed by atoms with Crippen LogP contribution in [0.4, 0.5) is 23.4 Å². The van der Waals surface area contributed by atoms with Gasteiger partial charge in [0, 0.05) is 49.3 Å². The quantitative estimate of drug-likeness (QED) is 0.422. The number of nitrogens with one attached hydrogen (secondary N) is 2. The molecule has 0 atom stereocenters. The fourth-order valence-corrected chi connectivity index (χ4v) is 4.61. The van der Waals surface area contributed by atoms with Crippen LogP contribution in [0, 0.1) is 11.3 Å². The van der Waals surface area contributed by atoms with Crippen LogP contribution in [0.3, 0.4) is 0 Å². The molecule has 38 heavy (non-hydrogen) atoms. The van der Waals surface area contributed by atoms with Gasteiger partial charge >= 0.3 is 0 Å². The Morgan fingerprint density at radius 1 is 1.05 bits per heavy atom. The van der Waals surface area contributed by atoms with Gasteiger partial charge in [-0.15, -0.1) is 0 Å². The molecular weight excluding hydrogens is 480 g/mol. The van der Waals surface area contributed by atoms with Crippen LogP contribution in [0.25, 0.3) is 11.7 Å². The maximum absolute atomic E-state index is 11.8. The van der Waals surface area contributed by atoms with E-state index in [1.54, 1.807) is 29.0 Å². The van der Waals surface area contributed by atoms with Crippen molar-refractivity contribution in [3.8, 4) is 6.07 Å². The first-order valence-electron chi connectivity index (χ1n) is 12.2. The molecular formula is C27H24N10O. The Morgan fingerprint density at radius 3 is 2.58 bits per heavy atom. The van der Waals surface area contributed by atoms with Gasteiger partial charge < -0.3 is 20.4 Å². The number of nitriles is 1.